The van der Waals surface area contributed by atoms with Crippen LogP contribution in [0.4, 0.5) is 0 Å². The van der Waals surface area contributed by atoms with Crippen molar-refractivity contribution in [3.05, 3.63) is 23.3 Å². The number of hydrogen-bond acceptors (Lipinski definition) is 5. The molecule has 0 aliphatic heterocycles. The SMILES string of the molecule is C/C=C(/C)C(=O)O[C@H]1CC(C)(C)C[C@H]2C3=CC[C@@H]4[C@@]5(C)CC[C@H](O)C(C)(C)C5CC[C@@]4(C)[C@]3(C)C[C@@H](O)[C@@]12C=O. The molecule has 5 aliphatic rings. The standard InChI is InChI=1S/C35H54O5/c1-10-21(2)29(39)40-28-19-30(3,4)17-23-22-11-12-25-32(7)15-14-26(37)31(5,6)24(32)13-16-33(25,8)34(22,9)18-27(38)35(23,28)20-36/h10-11,20,23-28,37-38H,12-19H2,1-9H3/b21-10-/t23-,24?,25+,26-,27+,28-,32-,33+,34+,35-/m0/s1. The van der Waals surface area contributed by atoms with Gasteiger partial charge in [-0.1, -0.05) is 66.2 Å². The monoisotopic (exact) mass is 554 g/mol. The van der Waals surface area contributed by atoms with Crippen molar-refractivity contribution in [2.24, 2.45) is 50.2 Å². The van der Waals surface area contributed by atoms with E-state index in [0.717, 1.165) is 44.8 Å². The van der Waals surface area contributed by atoms with Gasteiger partial charge in [-0.3, -0.25) is 0 Å². The molecule has 0 radical (unpaired) electrons. The second-order valence-electron chi connectivity index (χ2n) is 16.5. The molecule has 4 fully saturated rings. The van der Waals surface area contributed by atoms with Crippen LogP contribution in [0.15, 0.2) is 23.3 Å². The number of ether oxygens (including phenoxy) is 1. The van der Waals surface area contributed by atoms with Gasteiger partial charge in [0.25, 0.3) is 0 Å². The van der Waals surface area contributed by atoms with Crippen LogP contribution < -0.4 is 0 Å². The van der Waals surface area contributed by atoms with Crippen LogP contribution in [0, 0.1) is 50.2 Å². The van der Waals surface area contributed by atoms with Gasteiger partial charge in [0.2, 0.25) is 0 Å². The van der Waals surface area contributed by atoms with Gasteiger partial charge in [0.1, 0.15) is 12.4 Å². The highest BCUT2D eigenvalue weighted by atomic mass is 16.5. The van der Waals surface area contributed by atoms with Gasteiger partial charge in [0.05, 0.1) is 17.6 Å². The van der Waals surface area contributed by atoms with Gasteiger partial charge in [-0.05, 0) is 110 Å². The molecule has 10 atom stereocenters. The van der Waals surface area contributed by atoms with Crippen LogP contribution in [0.3, 0.4) is 0 Å². The Labute approximate surface area is 242 Å². The Bertz CT molecular complexity index is 1130. The maximum absolute atomic E-state index is 13.2. The summed E-state index contributed by atoms with van der Waals surface area (Å²) in [6.07, 6.45) is 10.1. The van der Waals surface area contributed by atoms with E-state index in [0.29, 0.717) is 30.3 Å². The Morgan fingerprint density at radius 1 is 0.950 bits per heavy atom. The van der Waals surface area contributed by atoms with E-state index >= 15 is 0 Å². The van der Waals surface area contributed by atoms with Crippen molar-refractivity contribution in [1.82, 2.24) is 0 Å². The number of allylic oxidation sites excluding steroid dienone is 3. The van der Waals surface area contributed by atoms with Crippen molar-refractivity contribution < 1.29 is 24.5 Å². The highest BCUT2D eigenvalue weighted by molar-refractivity contribution is 5.88. The number of carbonyl (C=O) groups is 2. The molecule has 5 aliphatic carbocycles. The lowest BCUT2D eigenvalue weighted by Gasteiger charge is -2.72. The zero-order valence-electron chi connectivity index (χ0n) is 26.5. The number of esters is 1. The van der Waals surface area contributed by atoms with Crippen LogP contribution in [0.25, 0.3) is 0 Å². The van der Waals surface area contributed by atoms with Crippen LogP contribution in [-0.2, 0) is 14.3 Å². The smallest absolute Gasteiger partial charge is 0.333 e. The van der Waals surface area contributed by atoms with Gasteiger partial charge < -0.3 is 19.7 Å². The quantitative estimate of drug-likeness (QED) is 0.173. The van der Waals surface area contributed by atoms with E-state index in [1.807, 2.05) is 6.92 Å². The van der Waals surface area contributed by atoms with Crippen molar-refractivity contribution in [2.75, 3.05) is 0 Å². The number of aliphatic hydroxyl groups excluding tert-OH is 2. The van der Waals surface area contributed by atoms with E-state index < -0.39 is 23.6 Å². The lowest BCUT2D eigenvalue weighted by molar-refractivity contribution is -0.226. The Balaban J connectivity index is 1.61. The average molecular weight is 555 g/mol. The molecule has 5 nitrogen and oxygen atoms in total. The van der Waals surface area contributed by atoms with Crippen LogP contribution >= 0.6 is 0 Å². The lowest BCUT2D eigenvalue weighted by atomic mass is 9.33. The summed E-state index contributed by atoms with van der Waals surface area (Å²) in [5.74, 6) is 0.329. The van der Waals surface area contributed by atoms with Gasteiger partial charge in [-0.25, -0.2) is 4.79 Å². The number of hydrogen-bond donors (Lipinski definition) is 2. The van der Waals surface area contributed by atoms with Gasteiger partial charge >= 0.3 is 5.97 Å². The second-order valence-corrected chi connectivity index (χ2v) is 16.5. The molecular weight excluding hydrogens is 500 g/mol. The summed E-state index contributed by atoms with van der Waals surface area (Å²) in [5, 5.41) is 23.1. The maximum Gasteiger partial charge on any atom is 0.333 e. The summed E-state index contributed by atoms with van der Waals surface area (Å²) in [6, 6.07) is 0. The number of aliphatic hydroxyl groups is 2. The molecule has 0 bridgehead atoms. The Kier molecular flexibility index (Phi) is 6.95. The maximum atomic E-state index is 13.2. The fourth-order valence-corrected chi connectivity index (χ4v) is 11.2. The first kappa shape index (κ1) is 30.0. The first-order chi connectivity index (χ1) is 18.4. The number of aldehydes is 1. The van der Waals surface area contributed by atoms with E-state index in [9.17, 15) is 19.8 Å². The molecule has 0 aromatic rings. The minimum absolute atomic E-state index is 0.0357. The summed E-state index contributed by atoms with van der Waals surface area (Å²) in [5.41, 5.74) is 0.258. The van der Waals surface area contributed by atoms with Gasteiger partial charge in [-0.15, -0.1) is 0 Å². The zero-order chi connectivity index (χ0) is 29.7. The van der Waals surface area contributed by atoms with Crippen molar-refractivity contribution in [1.29, 1.82) is 0 Å². The topological polar surface area (TPSA) is 83.8 Å². The summed E-state index contributed by atoms with van der Waals surface area (Å²) in [6.45, 7) is 19.8. The van der Waals surface area contributed by atoms with E-state index in [1.165, 1.54) is 5.57 Å². The largest absolute Gasteiger partial charge is 0.458 e. The predicted molar refractivity (Wildman–Crippen MR) is 157 cm³/mol. The van der Waals surface area contributed by atoms with E-state index in [2.05, 4.69) is 54.5 Å². The molecule has 224 valence electrons. The van der Waals surface area contributed by atoms with Crippen molar-refractivity contribution in [3.63, 3.8) is 0 Å². The Hall–Kier alpha value is -1.46. The molecule has 5 heteroatoms. The molecule has 0 saturated heterocycles. The van der Waals surface area contributed by atoms with E-state index in [-0.39, 0.29) is 39.1 Å². The van der Waals surface area contributed by atoms with Gasteiger partial charge in [-0.2, -0.15) is 0 Å². The fraction of sp³-hybridized carbons (Fsp3) is 0.829. The summed E-state index contributed by atoms with van der Waals surface area (Å²) < 4.78 is 6.13. The van der Waals surface area contributed by atoms with Crippen LogP contribution in [0.5, 0.6) is 0 Å². The third-order valence-corrected chi connectivity index (χ3v) is 13.9. The highest BCUT2D eigenvalue weighted by Gasteiger charge is 2.71. The Morgan fingerprint density at radius 2 is 1.62 bits per heavy atom. The molecule has 1 unspecified atom stereocenters. The first-order valence-electron chi connectivity index (χ1n) is 15.8. The summed E-state index contributed by atoms with van der Waals surface area (Å²) in [7, 11) is 0. The van der Waals surface area contributed by atoms with Crippen LogP contribution in [-0.4, -0.2) is 40.8 Å². The molecule has 0 amide bonds. The molecule has 5 rings (SSSR count). The summed E-state index contributed by atoms with van der Waals surface area (Å²) >= 11 is 0. The second kappa shape index (κ2) is 9.27. The van der Waals surface area contributed by atoms with Crippen molar-refractivity contribution >= 4 is 12.3 Å². The summed E-state index contributed by atoms with van der Waals surface area (Å²) in [4.78, 5) is 26.2. The molecule has 40 heavy (non-hydrogen) atoms. The zero-order valence-corrected chi connectivity index (χ0v) is 26.5. The molecule has 2 N–H and O–H groups in total. The Morgan fingerprint density at radius 3 is 2.25 bits per heavy atom. The predicted octanol–water partition coefficient (Wildman–Crippen LogP) is 6.81. The average Bonchev–Trinajstić information content (AvgIpc) is 2.86. The lowest BCUT2D eigenvalue weighted by Crippen LogP contribution is -2.69. The van der Waals surface area contributed by atoms with Crippen molar-refractivity contribution in [3.8, 4) is 0 Å². The normalized spacial score (nSPS) is 49.4. The molecule has 4 saturated carbocycles. The number of carbonyl (C=O) groups excluding carboxylic acids is 2. The molecule has 0 aromatic carbocycles. The van der Waals surface area contributed by atoms with Crippen molar-refractivity contribution in [2.45, 2.75) is 132 Å². The highest BCUT2D eigenvalue weighted by Crippen LogP contribution is 2.75. The number of fused-ring (bicyclic) bond motifs is 7. The van der Waals surface area contributed by atoms with E-state index in [4.69, 9.17) is 4.74 Å². The molecule has 0 spiro atoms. The third kappa shape index (κ3) is 3.78. The van der Waals surface area contributed by atoms with E-state index in [1.54, 1.807) is 13.0 Å². The minimum Gasteiger partial charge on any atom is -0.458 e. The van der Waals surface area contributed by atoms with Crippen LogP contribution in [0.2, 0.25) is 0 Å². The van der Waals surface area contributed by atoms with Gasteiger partial charge in [0, 0.05) is 5.57 Å². The fourth-order valence-electron chi connectivity index (χ4n) is 11.2. The molecule has 0 aromatic heterocycles. The molecular formula is C35H54O5. The minimum atomic E-state index is -1.13. The van der Waals surface area contributed by atoms with Gasteiger partial charge in [0.15, 0.2) is 0 Å². The van der Waals surface area contributed by atoms with Crippen LogP contribution in [0.1, 0.15) is 114 Å². The number of rotatable bonds is 3. The third-order valence-electron chi connectivity index (χ3n) is 13.9. The first-order valence-corrected chi connectivity index (χ1v) is 15.8. The molecule has 0 heterocycles.